The van der Waals surface area contributed by atoms with Crippen LogP contribution in [0.1, 0.15) is 31.4 Å². The number of ether oxygens (including phenoxy) is 2. The van der Waals surface area contributed by atoms with Gasteiger partial charge in [0.15, 0.2) is 11.5 Å². The van der Waals surface area contributed by atoms with Gasteiger partial charge in [-0.2, -0.15) is 0 Å². The molecule has 0 spiro atoms. The molecule has 4 nitrogen and oxygen atoms in total. The van der Waals surface area contributed by atoms with Crippen LogP contribution < -0.4 is 14.8 Å². The highest BCUT2D eigenvalue weighted by molar-refractivity contribution is 5.47. The van der Waals surface area contributed by atoms with Gasteiger partial charge in [-0.15, -0.1) is 0 Å². The molecule has 0 amide bonds. The van der Waals surface area contributed by atoms with Crippen molar-refractivity contribution < 1.29 is 14.6 Å². The van der Waals surface area contributed by atoms with Gasteiger partial charge in [0.1, 0.15) is 13.2 Å². The van der Waals surface area contributed by atoms with Crippen molar-refractivity contribution >= 4 is 0 Å². The Kier molecular flexibility index (Phi) is 4.32. The van der Waals surface area contributed by atoms with E-state index in [0.29, 0.717) is 13.2 Å². The van der Waals surface area contributed by atoms with Crippen LogP contribution in [0.4, 0.5) is 0 Å². The van der Waals surface area contributed by atoms with Crippen molar-refractivity contribution in [3.63, 3.8) is 0 Å². The topological polar surface area (TPSA) is 50.7 Å². The zero-order chi connectivity index (χ0) is 13.9. The van der Waals surface area contributed by atoms with Crippen LogP contribution in [-0.4, -0.2) is 30.5 Å². The van der Waals surface area contributed by atoms with Crippen molar-refractivity contribution in [2.45, 2.75) is 39.3 Å². The van der Waals surface area contributed by atoms with Gasteiger partial charge in [-0.05, 0) is 50.5 Å². The summed E-state index contributed by atoms with van der Waals surface area (Å²) in [4.78, 5) is 0. The summed E-state index contributed by atoms with van der Waals surface area (Å²) in [6, 6.07) is 4.08. The van der Waals surface area contributed by atoms with Gasteiger partial charge in [0.05, 0.1) is 0 Å². The lowest BCUT2D eigenvalue weighted by Gasteiger charge is -2.27. The van der Waals surface area contributed by atoms with Crippen molar-refractivity contribution in [3.8, 4) is 11.5 Å². The molecule has 0 atom stereocenters. The molecule has 2 N–H and O–H groups in total. The third-order valence-corrected chi connectivity index (χ3v) is 3.49. The van der Waals surface area contributed by atoms with E-state index in [2.05, 4.69) is 26.1 Å². The van der Waals surface area contributed by atoms with Crippen LogP contribution in [0.25, 0.3) is 0 Å². The molecule has 0 aliphatic carbocycles. The number of benzene rings is 1. The van der Waals surface area contributed by atoms with Crippen LogP contribution >= 0.6 is 0 Å². The summed E-state index contributed by atoms with van der Waals surface area (Å²) in [7, 11) is 0. The van der Waals surface area contributed by atoms with Crippen molar-refractivity contribution in [2.24, 2.45) is 0 Å². The predicted molar refractivity (Wildman–Crippen MR) is 74.8 cm³/mol. The Hall–Kier alpha value is -1.26. The summed E-state index contributed by atoms with van der Waals surface area (Å²) in [6.45, 7) is 8.45. The van der Waals surface area contributed by atoms with Crippen LogP contribution in [0.15, 0.2) is 12.1 Å². The molecular formula is C15H23NO3. The van der Waals surface area contributed by atoms with Crippen LogP contribution in [0.3, 0.4) is 0 Å². The zero-order valence-corrected chi connectivity index (χ0v) is 12.0. The first-order valence-corrected chi connectivity index (χ1v) is 6.77. The molecule has 1 heterocycles. The molecule has 0 saturated carbocycles. The van der Waals surface area contributed by atoms with E-state index in [1.54, 1.807) is 0 Å². The molecule has 2 rings (SSSR count). The summed E-state index contributed by atoms with van der Waals surface area (Å²) < 4.78 is 11.2. The second-order valence-electron chi connectivity index (χ2n) is 5.63. The lowest BCUT2D eigenvalue weighted by atomic mass is 10.00. The largest absolute Gasteiger partial charge is 0.486 e. The lowest BCUT2D eigenvalue weighted by molar-refractivity contribution is 0.171. The average Bonchev–Trinajstić information content (AvgIpc) is 2.36. The number of aryl methyl sites for hydroxylation is 1. The summed E-state index contributed by atoms with van der Waals surface area (Å²) in [5.74, 6) is 1.66. The van der Waals surface area contributed by atoms with E-state index < -0.39 is 0 Å². The summed E-state index contributed by atoms with van der Waals surface area (Å²) in [5.41, 5.74) is 2.32. The number of aliphatic hydroxyl groups is 1. The predicted octanol–water partition coefficient (Wildman–Crippen LogP) is 2.02. The zero-order valence-electron chi connectivity index (χ0n) is 12.0. The van der Waals surface area contributed by atoms with Gasteiger partial charge in [0.2, 0.25) is 0 Å². The quantitative estimate of drug-likeness (QED) is 0.855. The standard InChI is InChI=1S/C15H23NO3/c1-11-8-13-14(19-7-6-18-13)9-12(11)10-16-15(2,3)4-5-17/h8-9,16-17H,4-7,10H2,1-3H3. The molecule has 1 aromatic rings. The minimum Gasteiger partial charge on any atom is -0.486 e. The maximum absolute atomic E-state index is 9.04. The van der Waals surface area contributed by atoms with Gasteiger partial charge >= 0.3 is 0 Å². The van der Waals surface area contributed by atoms with E-state index in [1.807, 2.05) is 12.1 Å². The smallest absolute Gasteiger partial charge is 0.161 e. The molecule has 1 aliphatic heterocycles. The molecule has 0 radical (unpaired) electrons. The Balaban J connectivity index is 2.08. The monoisotopic (exact) mass is 265 g/mol. The molecule has 106 valence electrons. The van der Waals surface area contributed by atoms with E-state index in [9.17, 15) is 0 Å². The highest BCUT2D eigenvalue weighted by Gasteiger charge is 2.18. The number of fused-ring (bicyclic) bond motifs is 1. The Bertz CT molecular complexity index is 443. The number of hydrogen-bond donors (Lipinski definition) is 2. The molecule has 4 heteroatoms. The molecular weight excluding hydrogens is 242 g/mol. The first-order valence-electron chi connectivity index (χ1n) is 6.77. The molecule has 1 aliphatic rings. The van der Waals surface area contributed by atoms with E-state index in [-0.39, 0.29) is 12.1 Å². The average molecular weight is 265 g/mol. The van der Waals surface area contributed by atoms with E-state index in [0.717, 1.165) is 24.5 Å². The molecule has 0 saturated heterocycles. The van der Waals surface area contributed by atoms with Crippen LogP contribution in [0, 0.1) is 6.92 Å². The number of nitrogens with one attached hydrogen (secondary N) is 1. The van der Waals surface area contributed by atoms with Gasteiger partial charge in [0, 0.05) is 18.7 Å². The fraction of sp³-hybridized carbons (Fsp3) is 0.600. The normalized spacial score (nSPS) is 14.5. The minimum absolute atomic E-state index is 0.0750. The number of aliphatic hydroxyl groups excluding tert-OH is 1. The second kappa shape index (κ2) is 5.80. The van der Waals surface area contributed by atoms with Crippen molar-refractivity contribution in [2.75, 3.05) is 19.8 Å². The van der Waals surface area contributed by atoms with Crippen LogP contribution in [0.5, 0.6) is 11.5 Å². The third-order valence-electron chi connectivity index (χ3n) is 3.49. The summed E-state index contributed by atoms with van der Waals surface area (Å²) in [6.07, 6.45) is 0.733. The highest BCUT2D eigenvalue weighted by Crippen LogP contribution is 2.33. The van der Waals surface area contributed by atoms with Gasteiger partial charge in [-0.1, -0.05) is 0 Å². The Labute approximate surface area is 114 Å². The Morgan fingerprint density at radius 2 is 1.84 bits per heavy atom. The van der Waals surface area contributed by atoms with Crippen LogP contribution in [-0.2, 0) is 6.54 Å². The first-order chi connectivity index (χ1) is 9.02. The fourth-order valence-electron chi connectivity index (χ4n) is 2.13. The van der Waals surface area contributed by atoms with Crippen molar-refractivity contribution in [1.29, 1.82) is 0 Å². The van der Waals surface area contributed by atoms with Crippen molar-refractivity contribution in [1.82, 2.24) is 5.32 Å². The second-order valence-corrected chi connectivity index (χ2v) is 5.63. The van der Waals surface area contributed by atoms with Crippen LogP contribution in [0.2, 0.25) is 0 Å². The van der Waals surface area contributed by atoms with E-state index >= 15 is 0 Å². The summed E-state index contributed by atoms with van der Waals surface area (Å²) >= 11 is 0. The third kappa shape index (κ3) is 3.61. The minimum atomic E-state index is -0.0750. The number of rotatable bonds is 5. The molecule has 0 fully saturated rings. The molecule has 0 bridgehead atoms. The maximum atomic E-state index is 9.04. The molecule has 19 heavy (non-hydrogen) atoms. The van der Waals surface area contributed by atoms with E-state index in [4.69, 9.17) is 14.6 Å². The van der Waals surface area contributed by atoms with Crippen molar-refractivity contribution in [3.05, 3.63) is 23.3 Å². The lowest BCUT2D eigenvalue weighted by Crippen LogP contribution is -2.39. The van der Waals surface area contributed by atoms with Gasteiger partial charge < -0.3 is 19.9 Å². The Morgan fingerprint density at radius 1 is 1.21 bits per heavy atom. The molecule has 1 aromatic carbocycles. The van der Waals surface area contributed by atoms with Gasteiger partial charge in [0.25, 0.3) is 0 Å². The fourth-order valence-corrected chi connectivity index (χ4v) is 2.13. The molecule has 0 unspecified atom stereocenters. The molecule has 0 aromatic heterocycles. The van der Waals surface area contributed by atoms with Gasteiger partial charge in [-0.25, -0.2) is 0 Å². The van der Waals surface area contributed by atoms with Gasteiger partial charge in [-0.3, -0.25) is 0 Å². The maximum Gasteiger partial charge on any atom is 0.161 e. The summed E-state index contributed by atoms with van der Waals surface area (Å²) in [5, 5.41) is 12.5. The SMILES string of the molecule is Cc1cc2c(cc1CNC(C)(C)CCO)OCCO2. The Morgan fingerprint density at radius 3 is 2.47 bits per heavy atom. The number of hydrogen-bond acceptors (Lipinski definition) is 4. The first kappa shape index (κ1) is 14.2. The van der Waals surface area contributed by atoms with E-state index in [1.165, 1.54) is 11.1 Å². The highest BCUT2D eigenvalue weighted by atomic mass is 16.6.